The van der Waals surface area contributed by atoms with Gasteiger partial charge < -0.3 is 0 Å². The molecule has 7 heteroatoms. The number of nitrogens with zero attached hydrogens (tertiary/aromatic N) is 3. The van der Waals surface area contributed by atoms with Gasteiger partial charge in [0.2, 0.25) is 10.0 Å². The van der Waals surface area contributed by atoms with Crippen LogP contribution >= 0.6 is 0 Å². The fraction of sp³-hybridized carbons (Fsp3) is 0.250. The zero-order valence-electron chi connectivity index (χ0n) is 12.6. The first-order valence-corrected chi connectivity index (χ1v) is 8.96. The van der Waals surface area contributed by atoms with Crippen molar-refractivity contribution in [1.29, 1.82) is 0 Å². The predicted molar refractivity (Wildman–Crippen MR) is 86.7 cm³/mol. The molecule has 0 saturated carbocycles. The van der Waals surface area contributed by atoms with Gasteiger partial charge in [-0.25, -0.2) is 13.0 Å². The molecule has 0 saturated heterocycles. The molecule has 1 aliphatic heterocycles. The van der Waals surface area contributed by atoms with E-state index in [9.17, 15) is 8.42 Å². The van der Waals surface area contributed by atoms with Gasteiger partial charge in [0.1, 0.15) is 11.0 Å². The second kappa shape index (κ2) is 5.06. The molecular weight excluding hydrogens is 314 g/mol. The zero-order chi connectivity index (χ0) is 16.0. The van der Waals surface area contributed by atoms with Gasteiger partial charge in [0.25, 0.3) is 0 Å². The van der Waals surface area contributed by atoms with Crippen molar-refractivity contribution in [2.45, 2.75) is 19.1 Å². The van der Waals surface area contributed by atoms with Gasteiger partial charge >= 0.3 is 0 Å². The zero-order valence-corrected chi connectivity index (χ0v) is 13.4. The number of rotatable bonds is 3. The number of anilines is 1. The molecule has 0 atom stereocenters. The second-order valence-electron chi connectivity index (χ2n) is 5.75. The second-order valence-corrected chi connectivity index (χ2v) is 7.64. The Labute approximate surface area is 133 Å². The molecule has 2 heterocycles. The predicted octanol–water partition coefficient (Wildman–Crippen LogP) is 2.42. The number of fused-ring (bicyclic) bond motifs is 2. The van der Waals surface area contributed by atoms with Crippen LogP contribution in [0.2, 0.25) is 0 Å². The summed E-state index contributed by atoms with van der Waals surface area (Å²) in [6.45, 7) is 2.44. The summed E-state index contributed by atoms with van der Waals surface area (Å²) in [5.41, 5.74) is 4.76. The highest BCUT2D eigenvalue weighted by Crippen LogP contribution is 2.34. The van der Waals surface area contributed by atoms with Gasteiger partial charge in [-0.1, -0.05) is 24.3 Å². The molecular formula is C16H15N3O3S. The van der Waals surface area contributed by atoms with E-state index in [1.807, 2.05) is 25.1 Å². The van der Waals surface area contributed by atoms with Gasteiger partial charge in [-0.15, -0.1) is 0 Å². The summed E-state index contributed by atoms with van der Waals surface area (Å²) in [6.07, 6.45) is 0.752. The minimum absolute atomic E-state index is 0.0659. The molecule has 23 heavy (non-hydrogen) atoms. The fourth-order valence-electron chi connectivity index (χ4n) is 3.10. The number of aryl methyl sites for hydroxylation is 1. The Bertz CT molecular complexity index is 995. The lowest BCUT2D eigenvalue weighted by Crippen LogP contribution is -2.30. The van der Waals surface area contributed by atoms with Crippen LogP contribution in [0.5, 0.6) is 0 Å². The van der Waals surface area contributed by atoms with Gasteiger partial charge in [-0.3, -0.25) is 4.31 Å². The van der Waals surface area contributed by atoms with Crippen molar-refractivity contribution >= 4 is 26.7 Å². The third-order valence-electron chi connectivity index (χ3n) is 4.16. The molecule has 6 nitrogen and oxygen atoms in total. The molecule has 0 bridgehead atoms. The van der Waals surface area contributed by atoms with Crippen molar-refractivity contribution in [3.63, 3.8) is 0 Å². The lowest BCUT2D eigenvalue weighted by Gasteiger charge is -2.21. The van der Waals surface area contributed by atoms with Crippen LogP contribution in [-0.2, 0) is 22.2 Å². The van der Waals surface area contributed by atoms with E-state index < -0.39 is 10.0 Å². The van der Waals surface area contributed by atoms with Crippen molar-refractivity contribution in [3.05, 3.63) is 53.1 Å². The summed E-state index contributed by atoms with van der Waals surface area (Å²) in [5, 5.41) is 7.49. The minimum atomic E-state index is -3.45. The maximum atomic E-state index is 12.9. The maximum absolute atomic E-state index is 12.9. The molecule has 0 aliphatic carbocycles. The Balaban J connectivity index is 1.69. The van der Waals surface area contributed by atoms with Crippen LogP contribution in [0.1, 0.15) is 16.7 Å². The first-order valence-electron chi connectivity index (χ1n) is 7.35. The van der Waals surface area contributed by atoms with Crippen LogP contribution in [0.15, 0.2) is 41.0 Å². The molecule has 0 radical (unpaired) electrons. The fourth-order valence-corrected chi connectivity index (χ4v) is 4.76. The first kappa shape index (κ1) is 14.2. The van der Waals surface area contributed by atoms with E-state index in [0.29, 0.717) is 23.1 Å². The molecule has 4 rings (SSSR count). The highest BCUT2D eigenvalue weighted by molar-refractivity contribution is 7.92. The standard InChI is InChI=1S/C16H15N3O3S/c1-11-3-2-4-13-7-8-19(16(11)13)23(20,21)10-12-5-6-14-15(9-12)18-22-17-14/h2-6,9H,7-8,10H2,1H3. The first-order chi connectivity index (χ1) is 11.0. The molecule has 118 valence electrons. The molecule has 1 aromatic heterocycles. The van der Waals surface area contributed by atoms with Gasteiger partial charge in [0, 0.05) is 6.54 Å². The van der Waals surface area contributed by atoms with Crippen LogP contribution in [-0.4, -0.2) is 25.3 Å². The van der Waals surface area contributed by atoms with Crippen molar-refractivity contribution in [2.75, 3.05) is 10.8 Å². The van der Waals surface area contributed by atoms with Gasteiger partial charge in [-0.05, 0) is 52.5 Å². The number of para-hydroxylation sites is 1. The molecule has 3 aromatic rings. The Kier molecular flexibility index (Phi) is 3.12. The van der Waals surface area contributed by atoms with E-state index in [1.54, 1.807) is 18.2 Å². The van der Waals surface area contributed by atoms with Crippen molar-refractivity contribution in [1.82, 2.24) is 10.3 Å². The number of benzene rings is 2. The third kappa shape index (κ3) is 2.37. The van der Waals surface area contributed by atoms with Crippen LogP contribution < -0.4 is 4.31 Å². The Morgan fingerprint density at radius 2 is 2.00 bits per heavy atom. The van der Waals surface area contributed by atoms with E-state index in [-0.39, 0.29) is 5.75 Å². The summed E-state index contributed by atoms with van der Waals surface area (Å²) < 4.78 is 31.9. The lowest BCUT2D eigenvalue weighted by atomic mass is 10.1. The normalized spacial score (nSPS) is 14.4. The van der Waals surface area contributed by atoms with Crippen molar-refractivity contribution in [3.8, 4) is 0 Å². The van der Waals surface area contributed by atoms with E-state index in [2.05, 4.69) is 14.9 Å². The highest BCUT2D eigenvalue weighted by Gasteiger charge is 2.30. The van der Waals surface area contributed by atoms with Crippen LogP contribution in [0.3, 0.4) is 0 Å². The summed E-state index contributed by atoms with van der Waals surface area (Å²) in [5.74, 6) is -0.0659. The SMILES string of the molecule is Cc1cccc2c1N(S(=O)(=O)Cc1ccc3nonc3c1)CC2. The highest BCUT2D eigenvalue weighted by atomic mass is 32.2. The van der Waals surface area contributed by atoms with E-state index in [1.165, 1.54) is 4.31 Å². The summed E-state index contributed by atoms with van der Waals surface area (Å²) in [7, 11) is -3.45. The number of sulfonamides is 1. The average Bonchev–Trinajstić information content (AvgIpc) is 3.13. The van der Waals surface area contributed by atoms with Crippen LogP contribution in [0.4, 0.5) is 5.69 Å². The molecule has 0 spiro atoms. The number of hydrogen-bond donors (Lipinski definition) is 0. The van der Waals surface area contributed by atoms with Gasteiger partial charge in [0.05, 0.1) is 11.4 Å². The van der Waals surface area contributed by atoms with E-state index in [4.69, 9.17) is 0 Å². The summed E-state index contributed by atoms with van der Waals surface area (Å²) in [6, 6.07) is 11.1. The lowest BCUT2D eigenvalue weighted by molar-refractivity contribution is 0.315. The van der Waals surface area contributed by atoms with Gasteiger partial charge in [-0.2, -0.15) is 0 Å². The smallest absolute Gasteiger partial charge is 0.239 e. The molecule has 1 aliphatic rings. The van der Waals surface area contributed by atoms with Crippen molar-refractivity contribution in [2.24, 2.45) is 0 Å². The Morgan fingerprint density at radius 3 is 2.87 bits per heavy atom. The Hall–Kier alpha value is -2.41. The van der Waals surface area contributed by atoms with Crippen LogP contribution in [0.25, 0.3) is 11.0 Å². The average molecular weight is 329 g/mol. The monoisotopic (exact) mass is 329 g/mol. The molecule has 0 N–H and O–H groups in total. The van der Waals surface area contributed by atoms with E-state index >= 15 is 0 Å². The molecule has 2 aromatic carbocycles. The third-order valence-corrected chi connectivity index (χ3v) is 5.89. The maximum Gasteiger partial charge on any atom is 0.239 e. The van der Waals surface area contributed by atoms with Crippen LogP contribution in [0, 0.1) is 6.92 Å². The molecule has 0 fully saturated rings. The topological polar surface area (TPSA) is 76.3 Å². The Morgan fingerprint density at radius 1 is 1.17 bits per heavy atom. The van der Waals surface area contributed by atoms with Crippen molar-refractivity contribution < 1.29 is 13.0 Å². The molecule has 0 unspecified atom stereocenters. The van der Waals surface area contributed by atoms with E-state index in [0.717, 1.165) is 23.2 Å². The minimum Gasteiger partial charge on any atom is -0.269 e. The number of aromatic nitrogens is 2. The summed E-state index contributed by atoms with van der Waals surface area (Å²) in [4.78, 5) is 0. The quantitative estimate of drug-likeness (QED) is 0.737. The largest absolute Gasteiger partial charge is 0.269 e. The number of hydrogen-bond acceptors (Lipinski definition) is 5. The molecule has 0 amide bonds. The van der Waals surface area contributed by atoms with Gasteiger partial charge in [0.15, 0.2) is 0 Å². The summed E-state index contributed by atoms with van der Waals surface area (Å²) >= 11 is 0.